The van der Waals surface area contributed by atoms with Crippen molar-refractivity contribution in [2.45, 2.75) is 19.8 Å². The second-order valence-corrected chi connectivity index (χ2v) is 2.69. The molecule has 0 aliphatic heterocycles. The van der Waals surface area contributed by atoms with E-state index in [4.69, 9.17) is 17.3 Å². The topological polar surface area (TPSA) is 26.0 Å². The predicted molar refractivity (Wildman–Crippen MR) is 40.1 cm³/mol. The summed E-state index contributed by atoms with van der Waals surface area (Å²) in [4.78, 5) is 0. The highest BCUT2D eigenvalue weighted by molar-refractivity contribution is 6.32. The maximum absolute atomic E-state index is 5.74. The van der Waals surface area contributed by atoms with E-state index in [0.717, 1.165) is 23.6 Å². The van der Waals surface area contributed by atoms with Crippen LogP contribution in [0.3, 0.4) is 0 Å². The number of hydrogen-bond acceptors (Lipinski definition) is 1. The molecule has 0 saturated carbocycles. The van der Waals surface area contributed by atoms with Crippen LogP contribution in [0.2, 0.25) is 0 Å². The van der Waals surface area contributed by atoms with E-state index < -0.39 is 0 Å². The molecule has 0 aromatic heterocycles. The van der Waals surface area contributed by atoms with Crippen molar-refractivity contribution in [3.05, 3.63) is 22.4 Å². The van der Waals surface area contributed by atoms with Crippen molar-refractivity contribution in [2.75, 3.05) is 0 Å². The molecule has 0 aromatic carbocycles. The van der Waals surface area contributed by atoms with Gasteiger partial charge in [-0.15, -0.1) is 0 Å². The number of halogens is 1. The molecule has 0 radical (unpaired) electrons. The largest absolute Gasteiger partial charge is 0.398 e. The van der Waals surface area contributed by atoms with E-state index in [1.54, 1.807) is 0 Å². The van der Waals surface area contributed by atoms with Crippen LogP contribution >= 0.6 is 11.6 Å². The molecule has 0 spiro atoms. The third-order valence-electron chi connectivity index (χ3n) is 1.56. The summed E-state index contributed by atoms with van der Waals surface area (Å²) in [5.74, 6) is 0. The summed E-state index contributed by atoms with van der Waals surface area (Å²) in [6, 6.07) is 0. The lowest BCUT2D eigenvalue weighted by molar-refractivity contribution is 0.927. The Morgan fingerprint density at radius 2 is 2.33 bits per heavy atom. The van der Waals surface area contributed by atoms with E-state index in [9.17, 15) is 0 Å². The Bertz CT molecular complexity index is 179. The molecular formula is C7H10ClN. The zero-order valence-corrected chi connectivity index (χ0v) is 6.20. The van der Waals surface area contributed by atoms with Crippen LogP contribution in [0.5, 0.6) is 0 Å². The van der Waals surface area contributed by atoms with E-state index >= 15 is 0 Å². The normalized spacial score (nSPS) is 20.0. The summed E-state index contributed by atoms with van der Waals surface area (Å²) < 4.78 is 0. The minimum absolute atomic E-state index is 0.721. The van der Waals surface area contributed by atoms with Gasteiger partial charge in [-0.05, 0) is 25.3 Å². The molecule has 0 amide bonds. The molecule has 1 aliphatic rings. The quantitative estimate of drug-likeness (QED) is 0.553. The van der Waals surface area contributed by atoms with Crippen molar-refractivity contribution >= 4 is 11.6 Å². The first kappa shape index (κ1) is 6.69. The average Bonchev–Trinajstić information content (AvgIpc) is 1.83. The van der Waals surface area contributed by atoms with E-state index in [1.807, 2.05) is 13.0 Å². The highest BCUT2D eigenvalue weighted by Crippen LogP contribution is 2.23. The molecule has 2 heteroatoms. The van der Waals surface area contributed by atoms with Gasteiger partial charge in [0, 0.05) is 5.70 Å². The van der Waals surface area contributed by atoms with Crippen molar-refractivity contribution < 1.29 is 0 Å². The molecule has 0 fully saturated rings. The first-order valence-corrected chi connectivity index (χ1v) is 3.41. The average molecular weight is 144 g/mol. The molecule has 0 bridgehead atoms. The Kier molecular flexibility index (Phi) is 1.81. The van der Waals surface area contributed by atoms with Crippen LogP contribution in [0.4, 0.5) is 0 Å². The fourth-order valence-electron chi connectivity index (χ4n) is 0.864. The molecule has 0 unspecified atom stereocenters. The summed E-state index contributed by atoms with van der Waals surface area (Å²) in [6.07, 6.45) is 4.05. The predicted octanol–water partition coefficient (Wildman–Crippen LogP) is 2.14. The van der Waals surface area contributed by atoms with Crippen LogP contribution < -0.4 is 5.73 Å². The molecule has 2 N–H and O–H groups in total. The maximum Gasteiger partial charge on any atom is 0.0595 e. The van der Waals surface area contributed by atoms with Crippen LogP contribution in [0, 0.1) is 0 Å². The molecule has 9 heavy (non-hydrogen) atoms. The first-order valence-electron chi connectivity index (χ1n) is 3.03. The van der Waals surface area contributed by atoms with E-state index in [-0.39, 0.29) is 0 Å². The zero-order chi connectivity index (χ0) is 6.85. The minimum Gasteiger partial charge on any atom is -0.398 e. The lowest BCUT2D eigenvalue weighted by Gasteiger charge is -2.10. The molecule has 1 aliphatic carbocycles. The second kappa shape index (κ2) is 2.44. The Morgan fingerprint density at radius 1 is 1.67 bits per heavy atom. The molecule has 0 saturated heterocycles. The van der Waals surface area contributed by atoms with Gasteiger partial charge in [0.05, 0.1) is 5.03 Å². The fourth-order valence-corrected chi connectivity index (χ4v) is 1.13. The van der Waals surface area contributed by atoms with E-state index in [1.165, 1.54) is 5.57 Å². The first-order chi connectivity index (χ1) is 4.22. The van der Waals surface area contributed by atoms with Gasteiger partial charge in [-0.3, -0.25) is 0 Å². The Morgan fingerprint density at radius 3 is 2.78 bits per heavy atom. The summed E-state index contributed by atoms with van der Waals surface area (Å²) in [5.41, 5.74) is 7.58. The lowest BCUT2D eigenvalue weighted by Crippen LogP contribution is -2.04. The number of allylic oxidation sites excluding steroid dienone is 3. The smallest absolute Gasteiger partial charge is 0.0595 e. The fraction of sp³-hybridized carbons (Fsp3) is 0.429. The van der Waals surface area contributed by atoms with Crippen LogP contribution in [0.25, 0.3) is 0 Å². The molecule has 0 heterocycles. The summed E-state index contributed by atoms with van der Waals surface area (Å²) in [5, 5.41) is 0.721. The maximum atomic E-state index is 5.74. The van der Waals surface area contributed by atoms with Crippen molar-refractivity contribution in [1.29, 1.82) is 0 Å². The summed E-state index contributed by atoms with van der Waals surface area (Å²) in [7, 11) is 0. The Labute approximate surface area is 60.2 Å². The number of rotatable bonds is 0. The third-order valence-corrected chi connectivity index (χ3v) is 1.92. The summed E-state index contributed by atoms with van der Waals surface area (Å²) in [6.45, 7) is 2.02. The van der Waals surface area contributed by atoms with Crippen molar-refractivity contribution in [3.8, 4) is 0 Å². The van der Waals surface area contributed by atoms with Gasteiger partial charge in [0.1, 0.15) is 0 Å². The van der Waals surface area contributed by atoms with Gasteiger partial charge in [0.15, 0.2) is 0 Å². The van der Waals surface area contributed by atoms with E-state index in [2.05, 4.69) is 0 Å². The molecule has 0 atom stereocenters. The standard InChI is InChI=1S/C7H10ClN/c1-5-3-2-4-6(8)7(5)9/h4H,2-3,9H2,1H3. The van der Waals surface area contributed by atoms with Gasteiger partial charge in [0.25, 0.3) is 0 Å². The monoisotopic (exact) mass is 143 g/mol. The third kappa shape index (κ3) is 1.28. The van der Waals surface area contributed by atoms with Crippen molar-refractivity contribution in [1.82, 2.24) is 0 Å². The second-order valence-electron chi connectivity index (χ2n) is 2.28. The highest BCUT2D eigenvalue weighted by Gasteiger charge is 2.05. The Balaban J connectivity index is 2.88. The molecule has 0 aromatic rings. The zero-order valence-electron chi connectivity index (χ0n) is 5.45. The molecular weight excluding hydrogens is 134 g/mol. The van der Waals surface area contributed by atoms with Gasteiger partial charge in [-0.2, -0.15) is 0 Å². The SMILES string of the molecule is CC1=C(N)C(Cl)=CCC1. The van der Waals surface area contributed by atoms with Gasteiger partial charge < -0.3 is 5.73 Å². The molecule has 1 nitrogen and oxygen atoms in total. The summed E-state index contributed by atoms with van der Waals surface area (Å²) >= 11 is 5.74. The van der Waals surface area contributed by atoms with Crippen molar-refractivity contribution in [3.63, 3.8) is 0 Å². The van der Waals surface area contributed by atoms with Crippen LogP contribution in [-0.2, 0) is 0 Å². The van der Waals surface area contributed by atoms with Crippen molar-refractivity contribution in [2.24, 2.45) is 5.73 Å². The van der Waals surface area contributed by atoms with Gasteiger partial charge in [-0.25, -0.2) is 0 Å². The Hall–Kier alpha value is -0.430. The molecule has 1 rings (SSSR count). The van der Waals surface area contributed by atoms with Crippen LogP contribution in [-0.4, -0.2) is 0 Å². The van der Waals surface area contributed by atoms with Gasteiger partial charge >= 0.3 is 0 Å². The van der Waals surface area contributed by atoms with Crippen LogP contribution in [0.15, 0.2) is 22.4 Å². The van der Waals surface area contributed by atoms with E-state index in [0.29, 0.717) is 0 Å². The minimum atomic E-state index is 0.721. The van der Waals surface area contributed by atoms with Gasteiger partial charge in [-0.1, -0.05) is 17.7 Å². The highest BCUT2D eigenvalue weighted by atomic mass is 35.5. The van der Waals surface area contributed by atoms with Crippen LogP contribution in [0.1, 0.15) is 19.8 Å². The number of nitrogens with two attached hydrogens (primary N) is 1. The number of hydrogen-bond donors (Lipinski definition) is 1. The van der Waals surface area contributed by atoms with Gasteiger partial charge in [0.2, 0.25) is 0 Å². The lowest BCUT2D eigenvalue weighted by atomic mass is 10.0. The molecule has 50 valence electrons.